The van der Waals surface area contributed by atoms with Gasteiger partial charge in [0.25, 0.3) is 11.8 Å². The lowest BCUT2D eigenvalue weighted by atomic mass is 9.92. The number of hydrogen-bond acceptors (Lipinski definition) is 6. The molecular formula is C18H11N2O5S-. The summed E-state index contributed by atoms with van der Waals surface area (Å²) in [6.07, 6.45) is 0. The van der Waals surface area contributed by atoms with Crippen LogP contribution in [0.3, 0.4) is 0 Å². The Morgan fingerprint density at radius 3 is 2.19 bits per heavy atom. The Balaban J connectivity index is 2.10. The predicted molar refractivity (Wildman–Crippen MR) is 93.9 cm³/mol. The van der Waals surface area contributed by atoms with Gasteiger partial charge in [-0.25, -0.2) is 13.3 Å². The highest BCUT2D eigenvalue weighted by atomic mass is 32.2. The first-order valence-corrected chi connectivity index (χ1v) is 8.96. The molecular weight excluding hydrogens is 356 g/mol. The molecule has 0 aromatic heterocycles. The summed E-state index contributed by atoms with van der Waals surface area (Å²) in [7, 11) is -4.90. The van der Waals surface area contributed by atoms with E-state index in [4.69, 9.17) is 5.73 Å². The summed E-state index contributed by atoms with van der Waals surface area (Å²) in [5.74, 6) is -1.26. The van der Waals surface area contributed by atoms with Gasteiger partial charge in [-0.2, -0.15) is 0 Å². The number of nitrogen functional groups attached to an aromatic ring is 1. The first-order valence-electron chi connectivity index (χ1n) is 7.55. The molecule has 0 aliphatic carbocycles. The van der Waals surface area contributed by atoms with Crippen molar-refractivity contribution in [1.29, 1.82) is 0 Å². The lowest BCUT2D eigenvalue weighted by molar-refractivity contribution is 0.0893. The number of amides is 2. The third-order valence-corrected chi connectivity index (χ3v) is 5.19. The number of para-hydroxylation sites is 1. The van der Waals surface area contributed by atoms with E-state index >= 15 is 0 Å². The SMILES string of the molecule is Nc1c(S(=O)(=O)[O-])cc2c3c(cccc13)C(=O)N(c1ccccc1)C2=O. The summed E-state index contributed by atoms with van der Waals surface area (Å²) in [5, 5.41) is 0.434. The van der Waals surface area contributed by atoms with Crippen molar-refractivity contribution in [3.63, 3.8) is 0 Å². The van der Waals surface area contributed by atoms with E-state index in [9.17, 15) is 22.6 Å². The average molecular weight is 367 g/mol. The average Bonchev–Trinajstić information content (AvgIpc) is 2.61. The normalized spacial score (nSPS) is 14.1. The van der Waals surface area contributed by atoms with Crippen molar-refractivity contribution in [2.45, 2.75) is 4.90 Å². The van der Waals surface area contributed by atoms with Gasteiger partial charge in [-0.15, -0.1) is 0 Å². The Kier molecular flexibility index (Phi) is 3.36. The van der Waals surface area contributed by atoms with E-state index in [0.29, 0.717) is 5.69 Å². The number of benzene rings is 3. The monoisotopic (exact) mass is 367 g/mol. The van der Waals surface area contributed by atoms with Gasteiger partial charge in [0, 0.05) is 16.3 Å². The van der Waals surface area contributed by atoms with Crippen molar-refractivity contribution < 1.29 is 22.6 Å². The van der Waals surface area contributed by atoms with E-state index < -0.39 is 26.8 Å². The number of anilines is 2. The van der Waals surface area contributed by atoms with Crippen LogP contribution in [0, 0.1) is 0 Å². The fraction of sp³-hybridized carbons (Fsp3) is 0. The number of hydrogen-bond donors (Lipinski definition) is 1. The van der Waals surface area contributed by atoms with E-state index in [-0.39, 0.29) is 27.6 Å². The number of rotatable bonds is 2. The predicted octanol–water partition coefficient (Wildman–Crippen LogP) is 2.13. The van der Waals surface area contributed by atoms with Crippen LogP contribution in [-0.2, 0) is 10.1 Å². The fourth-order valence-electron chi connectivity index (χ4n) is 3.18. The summed E-state index contributed by atoms with van der Waals surface area (Å²) in [5.41, 5.74) is 6.07. The first-order chi connectivity index (χ1) is 12.3. The minimum absolute atomic E-state index is 0.0531. The van der Waals surface area contributed by atoms with Crippen LogP contribution in [0.25, 0.3) is 10.8 Å². The Labute approximate surface area is 148 Å². The molecule has 26 heavy (non-hydrogen) atoms. The number of imide groups is 1. The Hall–Kier alpha value is -3.23. The third kappa shape index (κ3) is 2.20. The van der Waals surface area contributed by atoms with Crippen LogP contribution >= 0.6 is 0 Å². The molecule has 2 N–H and O–H groups in total. The van der Waals surface area contributed by atoms with Crippen LogP contribution in [0.1, 0.15) is 20.7 Å². The second-order valence-electron chi connectivity index (χ2n) is 5.80. The summed E-state index contributed by atoms with van der Waals surface area (Å²) >= 11 is 0. The second kappa shape index (κ2) is 5.38. The van der Waals surface area contributed by atoms with E-state index in [2.05, 4.69) is 0 Å². The van der Waals surface area contributed by atoms with E-state index in [1.165, 1.54) is 18.2 Å². The van der Waals surface area contributed by atoms with E-state index in [1.807, 2.05) is 0 Å². The highest BCUT2D eigenvalue weighted by Crippen LogP contribution is 2.38. The molecule has 0 fully saturated rings. The van der Waals surface area contributed by atoms with Crippen molar-refractivity contribution >= 4 is 44.1 Å². The zero-order valence-electron chi connectivity index (χ0n) is 13.2. The minimum Gasteiger partial charge on any atom is -0.744 e. The molecule has 3 aromatic rings. The third-order valence-electron chi connectivity index (χ3n) is 4.32. The largest absolute Gasteiger partial charge is 0.744 e. The molecule has 0 radical (unpaired) electrons. The summed E-state index contributed by atoms with van der Waals surface area (Å²) in [6, 6.07) is 13.7. The molecule has 4 rings (SSSR count). The molecule has 0 saturated heterocycles. The second-order valence-corrected chi connectivity index (χ2v) is 7.15. The topological polar surface area (TPSA) is 121 Å². The van der Waals surface area contributed by atoms with Crippen LogP contribution in [0.4, 0.5) is 11.4 Å². The van der Waals surface area contributed by atoms with E-state index in [1.54, 1.807) is 30.3 Å². The first kappa shape index (κ1) is 16.2. The van der Waals surface area contributed by atoms with Gasteiger partial charge in [0.1, 0.15) is 10.1 Å². The van der Waals surface area contributed by atoms with Gasteiger partial charge in [-0.1, -0.05) is 30.3 Å². The standard InChI is InChI=1S/C18H12N2O5S/c19-16-11-7-4-8-12-15(11)13(9-14(16)26(23,24)25)18(22)20(17(12)21)10-5-2-1-3-6-10/h1-9H,19H2,(H,23,24,25)/p-1. The summed E-state index contributed by atoms with van der Waals surface area (Å²) in [6.45, 7) is 0. The molecule has 1 aliphatic heterocycles. The summed E-state index contributed by atoms with van der Waals surface area (Å²) < 4.78 is 34.7. The van der Waals surface area contributed by atoms with Crippen LogP contribution in [0.5, 0.6) is 0 Å². The molecule has 7 nitrogen and oxygen atoms in total. The van der Waals surface area contributed by atoms with Crippen molar-refractivity contribution in [2.24, 2.45) is 0 Å². The molecule has 1 heterocycles. The number of carbonyl (C=O) groups excluding carboxylic acids is 2. The Morgan fingerprint density at radius 2 is 1.54 bits per heavy atom. The molecule has 0 spiro atoms. The van der Waals surface area contributed by atoms with Crippen molar-refractivity contribution in [3.8, 4) is 0 Å². The lowest BCUT2D eigenvalue weighted by Gasteiger charge is -2.28. The fourth-order valence-corrected chi connectivity index (χ4v) is 3.82. The number of nitrogens with zero attached hydrogens (tertiary/aromatic N) is 1. The van der Waals surface area contributed by atoms with Gasteiger partial charge in [0.15, 0.2) is 0 Å². The van der Waals surface area contributed by atoms with Gasteiger partial charge in [0.2, 0.25) is 0 Å². The zero-order valence-corrected chi connectivity index (χ0v) is 14.0. The maximum atomic E-state index is 13.0. The van der Waals surface area contributed by atoms with Crippen molar-refractivity contribution in [1.82, 2.24) is 0 Å². The molecule has 3 aromatic carbocycles. The minimum atomic E-state index is -4.90. The molecule has 0 atom stereocenters. The number of nitrogens with two attached hydrogens (primary N) is 1. The van der Waals surface area contributed by atoms with Gasteiger partial charge in [-0.3, -0.25) is 9.59 Å². The van der Waals surface area contributed by atoms with Crippen LogP contribution < -0.4 is 10.6 Å². The van der Waals surface area contributed by atoms with Gasteiger partial charge >= 0.3 is 0 Å². The molecule has 2 amide bonds. The molecule has 8 heteroatoms. The Morgan fingerprint density at radius 1 is 0.885 bits per heavy atom. The maximum Gasteiger partial charge on any atom is 0.266 e. The van der Waals surface area contributed by atoms with Gasteiger partial charge < -0.3 is 10.3 Å². The van der Waals surface area contributed by atoms with Crippen LogP contribution in [0.2, 0.25) is 0 Å². The Bertz CT molecular complexity index is 1200. The smallest absolute Gasteiger partial charge is 0.266 e. The van der Waals surface area contributed by atoms with Gasteiger partial charge in [0.05, 0.1) is 21.8 Å². The lowest BCUT2D eigenvalue weighted by Crippen LogP contribution is -2.40. The molecule has 130 valence electrons. The maximum absolute atomic E-state index is 13.0. The highest BCUT2D eigenvalue weighted by molar-refractivity contribution is 7.86. The molecule has 1 aliphatic rings. The number of carbonyl (C=O) groups is 2. The van der Waals surface area contributed by atoms with Crippen LogP contribution in [-0.4, -0.2) is 24.8 Å². The van der Waals surface area contributed by atoms with Crippen molar-refractivity contribution in [3.05, 3.63) is 65.7 Å². The molecule has 0 saturated carbocycles. The van der Waals surface area contributed by atoms with Gasteiger partial charge in [-0.05, 0) is 24.3 Å². The zero-order chi connectivity index (χ0) is 18.6. The van der Waals surface area contributed by atoms with E-state index in [0.717, 1.165) is 11.0 Å². The van der Waals surface area contributed by atoms with Crippen molar-refractivity contribution in [2.75, 3.05) is 10.6 Å². The summed E-state index contributed by atoms with van der Waals surface area (Å²) in [4.78, 5) is 26.1. The molecule has 0 unspecified atom stereocenters. The quantitative estimate of drug-likeness (QED) is 0.421. The highest BCUT2D eigenvalue weighted by Gasteiger charge is 2.35. The van der Waals surface area contributed by atoms with Crippen LogP contribution in [0.15, 0.2) is 59.5 Å². The molecule has 0 bridgehead atoms.